The highest BCUT2D eigenvalue weighted by Gasteiger charge is 2.08. The first-order chi connectivity index (χ1) is 8.86. The van der Waals surface area contributed by atoms with Crippen molar-refractivity contribution < 1.29 is 4.74 Å². The Morgan fingerprint density at radius 2 is 1.67 bits per heavy atom. The van der Waals surface area contributed by atoms with Crippen LogP contribution in [0.3, 0.4) is 0 Å². The van der Waals surface area contributed by atoms with Crippen LogP contribution in [0.2, 0.25) is 0 Å². The minimum atomic E-state index is 0.918. The summed E-state index contributed by atoms with van der Waals surface area (Å²) in [6, 6.07) is 18.6. The molecule has 18 heavy (non-hydrogen) atoms. The van der Waals surface area contributed by atoms with E-state index in [2.05, 4.69) is 43.3 Å². The minimum absolute atomic E-state index is 0.918. The summed E-state index contributed by atoms with van der Waals surface area (Å²) in [5, 5.41) is 0. The van der Waals surface area contributed by atoms with E-state index in [4.69, 9.17) is 4.74 Å². The highest BCUT2D eigenvalue weighted by Crippen LogP contribution is 2.30. The van der Waals surface area contributed by atoms with Crippen molar-refractivity contribution in [1.29, 1.82) is 0 Å². The third-order valence-electron chi connectivity index (χ3n) is 2.89. The highest BCUT2D eigenvalue weighted by atomic mass is 16.5. The number of allylic oxidation sites excluding steroid dienone is 1. The van der Waals surface area contributed by atoms with Crippen molar-refractivity contribution >= 4 is 5.57 Å². The van der Waals surface area contributed by atoms with Crippen LogP contribution in [-0.2, 0) is 0 Å². The molecule has 0 amide bonds. The van der Waals surface area contributed by atoms with Gasteiger partial charge in [-0.15, -0.1) is 0 Å². The van der Waals surface area contributed by atoms with Gasteiger partial charge in [0.15, 0.2) is 0 Å². The maximum absolute atomic E-state index is 5.45. The van der Waals surface area contributed by atoms with Gasteiger partial charge in [0.05, 0.1) is 7.11 Å². The number of benzene rings is 2. The Labute approximate surface area is 109 Å². The molecular formula is C17H18O. The molecule has 0 saturated carbocycles. The van der Waals surface area contributed by atoms with E-state index in [9.17, 15) is 0 Å². The Balaban J connectivity index is 2.53. The maximum atomic E-state index is 5.45. The molecule has 0 heterocycles. The predicted molar refractivity (Wildman–Crippen MR) is 76.8 cm³/mol. The molecule has 2 aromatic rings. The second kappa shape index (κ2) is 6.06. The lowest BCUT2D eigenvalue weighted by molar-refractivity contribution is 0.413. The van der Waals surface area contributed by atoms with Crippen LogP contribution in [0, 0.1) is 0 Å². The minimum Gasteiger partial charge on any atom is -0.496 e. The van der Waals surface area contributed by atoms with Crippen LogP contribution in [0.4, 0.5) is 0 Å². The van der Waals surface area contributed by atoms with Crippen LogP contribution in [0.1, 0.15) is 24.5 Å². The summed E-state index contributed by atoms with van der Waals surface area (Å²) < 4.78 is 5.45. The molecule has 1 heteroatoms. The van der Waals surface area contributed by atoms with Crippen molar-refractivity contribution in [2.75, 3.05) is 7.11 Å². The molecule has 0 aliphatic rings. The maximum Gasteiger partial charge on any atom is 0.126 e. The summed E-state index contributed by atoms with van der Waals surface area (Å²) in [6.45, 7) is 2.15. The number of ether oxygens (including phenoxy) is 1. The van der Waals surface area contributed by atoms with E-state index in [1.165, 1.54) is 11.1 Å². The third kappa shape index (κ3) is 2.62. The highest BCUT2D eigenvalue weighted by molar-refractivity contribution is 5.82. The van der Waals surface area contributed by atoms with E-state index in [1.54, 1.807) is 7.11 Å². The van der Waals surface area contributed by atoms with E-state index >= 15 is 0 Å². The van der Waals surface area contributed by atoms with E-state index in [1.807, 2.05) is 24.3 Å². The van der Waals surface area contributed by atoms with Crippen molar-refractivity contribution in [3.05, 3.63) is 71.8 Å². The van der Waals surface area contributed by atoms with Crippen molar-refractivity contribution in [2.45, 2.75) is 13.3 Å². The van der Waals surface area contributed by atoms with Gasteiger partial charge >= 0.3 is 0 Å². The van der Waals surface area contributed by atoms with Gasteiger partial charge in [0, 0.05) is 5.56 Å². The van der Waals surface area contributed by atoms with Gasteiger partial charge in [0.2, 0.25) is 0 Å². The summed E-state index contributed by atoms with van der Waals surface area (Å²) in [5.41, 5.74) is 3.60. The first-order valence-corrected chi connectivity index (χ1v) is 6.25. The zero-order valence-electron chi connectivity index (χ0n) is 10.9. The van der Waals surface area contributed by atoms with Crippen LogP contribution >= 0.6 is 0 Å². The summed E-state index contributed by atoms with van der Waals surface area (Å²) in [4.78, 5) is 0. The standard InChI is InChI=1S/C17H18O/c1-3-9-15(14-10-5-4-6-11-14)16-12-7-8-13-17(16)18-2/h4-13H,3H2,1-2H3/b15-9+. The Morgan fingerprint density at radius 3 is 2.33 bits per heavy atom. The average molecular weight is 238 g/mol. The van der Waals surface area contributed by atoms with Gasteiger partial charge in [0.25, 0.3) is 0 Å². The first-order valence-electron chi connectivity index (χ1n) is 6.25. The summed E-state index contributed by atoms with van der Waals surface area (Å²) >= 11 is 0. The SMILES string of the molecule is CC/C=C(\c1ccccc1)c1ccccc1OC. The lowest BCUT2D eigenvalue weighted by Gasteiger charge is -2.12. The zero-order chi connectivity index (χ0) is 12.8. The number of hydrogen-bond acceptors (Lipinski definition) is 1. The predicted octanol–water partition coefficient (Wildman–Crippen LogP) is 4.54. The molecular weight excluding hydrogens is 220 g/mol. The van der Waals surface area contributed by atoms with E-state index < -0.39 is 0 Å². The van der Waals surface area contributed by atoms with Gasteiger partial charge in [-0.3, -0.25) is 0 Å². The number of hydrogen-bond donors (Lipinski definition) is 0. The molecule has 2 aromatic carbocycles. The molecule has 0 saturated heterocycles. The summed E-state index contributed by atoms with van der Waals surface area (Å²) in [7, 11) is 1.72. The molecule has 2 rings (SSSR count). The Morgan fingerprint density at radius 1 is 1.00 bits per heavy atom. The monoisotopic (exact) mass is 238 g/mol. The van der Waals surface area contributed by atoms with Gasteiger partial charge in [-0.1, -0.05) is 61.5 Å². The fraction of sp³-hybridized carbons (Fsp3) is 0.176. The largest absolute Gasteiger partial charge is 0.496 e. The van der Waals surface area contributed by atoms with E-state index in [-0.39, 0.29) is 0 Å². The summed E-state index contributed by atoms with van der Waals surface area (Å²) in [6.07, 6.45) is 3.25. The van der Waals surface area contributed by atoms with Gasteiger partial charge in [-0.05, 0) is 23.6 Å². The van der Waals surface area contributed by atoms with Gasteiger partial charge in [-0.2, -0.15) is 0 Å². The van der Waals surface area contributed by atoms with Crippen LogP contribution in [0.25, 0.3) is 5.57 Å². The molecule has 0 fully saturated rings. The number of methoxy groups -OCH3 is 1. The Hall–Kier alpha value is -2.02. The fourth-order valence-electron chi connectivity index (χ4n) is 2.07. The van der Waals surface area contributed by atoms with Crippen LogP contribution in [0.5, 0.6) is 5.75 Å². The molecule has 0 unspecified atom stereocenters. The second-order valence-corrected chi connectivity index (χ2v) is 4.09. The van der Waals surface area contributed by atoms with Crippen LogP contribution in [0.15, 0.2) is 60.7 Å². The third-order valence-corrected chi connectivity index (χ3v) is 2.89. The van der Waals surface area contributed by atoms with Gasteiger partial charge < -0.3 is 4.74 Å². The first kappa shape index (κ1) is 12.4. The Bertz CT molecular complexity index is 526. The fourth-order valence-corrected chi connectivity index (χ4v) is 2.07. The molecule has 0 radical (unpaired) electrons. The molecule has 0 spiro atoms. The smallest absolute Gasteiger partial charge is 0.126 e. The molecule has 0 bridgehead atoms. The number of para-hydroxylation sites is 1. The molecule has 0 N–H and O–H groups in total. The molecule has 0 atom stereocenters. The molecule has 92 valence electrons. The number of rotatable bonds is 4. The Kier molecular flexibility index (Phi) is 4.19. The lowest BCUT2D eigenvalue weighted by atomic mass is 9.96. The van der Waals surface area contributed by atoms with Gasteiger partial charge in [-0.25, -0.2) is 0 Å². The normalized spacial score (nSPS) is 11.3. The lowest BCUT2D eigenvalue weighted by Crippen LogP contribution is -1.93. The molecule has 1 nitrogen and oxygen atoms in total. The quantitative estimate of drug-likeness (QED) is 0.760. The van der Waals surface area contributed by atoms with Crippen molar-refractivity contribution in [3.8, 4) is 5.75 Å². The summed E-state index contributed by atoms with van der Waals surface area (Å²) in [5.74, 6) is 0.918. The topological polar surface area (TPSA) is 9.23 Å². The average Bonchev–Trinajstić information content (AvgIpc) is 2.46. The molecule has 0 aliphatic carbocycles. The van der Waals surface area contributed by atoms with E-state index in [0.717, 1.165) is 17.7 Å². The van der Waals surface area contributed by atoms with Crippen LogP contribution < -0.4 is 4.74 Å². The van der Waals surface area contributed by atoms with E-state index in [0.29, 0.717) is 0 Å². The molecule has 0 aromatic heterocycles. The van der Waals surface area contributed by atoms with Gasteiger partial charge in [0.1, 0.15) is 5.75 Å². The van der Waals surface area contributed by atoms with Crippen LogP contribution in [-0.4, -0.2) is 7.11 Å². The van der Waals surface area contributed by atoms with Crippen molar-refractivity contribution in [3.63, 3.8) is 0 Å². The molecule has 0 aliphatic heterocycles. The van der Waals surface area contributed by atoms with Crippen molar-refractivity contribution in [2.24, 2.45) is 0 Å². The van der Waals surface area contributed by atoms with Crippen molar-refractivity contribution in [1.82, 2.24) is 0 Å². The zero-order valence-corrected chi connectivity index (χ0v) is 10.9. The second-order valence-electron chi connectivity index (χ2n) is 4.09.